The van der Waals surface area contributed by atoms with Gasteiger partial charge in [-0.2, -0.15) is 0 Å². The Kier molecular flexibility index (Phi) is 7.12. The van der Waals surface area contributed by atoms with Gasteiger partial charge >= 0.3 is 0 Å². The number of hydrogen-bond donors (Lipinski definition) is 2. The molecule has 0 aliphatic heterocycles. The van der Waals surface area contributed by atoms with Crippen molar-refractivity contribution >= 4 is 51.4 Å². The molecule has 7 nitrogen and oxygen atoms in total. The molecule has 4 aromatic rings. The summed E-state index contributed by atoms with van der Waals surface area (Å²) in [5, 5.41) is 7.14. The van der Waals surface area contributed by atoms with Crippen LogP contribution in [-0.4, -0.2) is 30.2 Å². The van der Waals surface area contributed by atoms with Gasteiger partial charge in [0.15, 0.2) is 16.6 Å². The molecule has 188 valence electrons. The average molecular weight is 534 g/mol. The summed E-state index contributed by atoms with van der Waals surface area (Å²) in [4.78, 5) is 17.0. The van der Waals surface area contributed by atoms with Gasteiger partial charge in [-0.05, 0) is 60.5 Å². The molecule has 1 aromatic heterocycles. The van der Waals surface area contributed by atoms with Crippen LogP contribution in [0.15, 0.2) is 72.9 Å². The maximum absolute atomic E-state index is 12.6. The Balaban J connectivity index is 1.24. The first-order chi connectivity index (χ1) is 18.0. The molecule has 1 aliphatic rings. The van der Waals surface area contributed by atoms with Crippen LogP contribution in [-0.2, 0) is 4.79 Å². The second kappa shape index (κ2) is 10.6. The second-order valence-corrected chi connectivity index (χ2v) is 9.40. The lowest BCUT2D eigenvalue weighted by molar-refractivity contribution is -0.120. The minimum atomic E-state index is -0.0889. The minimum Gasteiger partial charge on any atom is -0.493 e. The van der Waals surface area contributed by atoms with Crippen LogP contribution in [0.3, 0.4) is 0 Å². The van der Waals surface area contributed by atoms with Crippen molar-refractivity contribution in [1.82, 2.24) is 10.3 Å². The summed E-state index contributed by atoms with van der Waals surface area (Å²) in [6.45, 7) is 0. The van der Waals surface area contributed by atoms with Crippen molar-refractivity contribution in [3.63, 3.8) is 0 Å². The number of anilines is 1. The molecule has 9 heteroatoms. The number of methoxy groups -OCH3 is 2. The quantitative estimate of drug-likeness (QED) is 0.269. The molecule has 1 saturated carbocycles. The molecular weight excluding hydrogens is 510 g/mol. The predicted molar refractivity (Wildman–Crippen MR) is 148 cm³/mol. The molecule has 2 N–H and O–H groups in total. The molecule has 2 unspecified atom stereocenters. The fraction of sp³-hybridized carbons (Fsp3) is 0.179. The number of pyridine rings is 1. The highest BCUT2D eigenvalue weighted by molar-refractivity contribution is 7.80. The summed E-state index contributed by atoms with van der Waals surface area (Å²) < 4.78 is 16.9. The van der Waals surface area contributed by atoms with E-state index in [1.165, 1.54) is 5.56 Å². The van der Waals surface area contributed by atoms with Gasteiger partial charge in [0.25, 0.3) is 0 Å². The summed E-state index contributed by atoms with van der Waals surface area (Å²) in [7, 11) is 3.15. The van der Waals surface area contributed by atoms with Crippen LogP contribution in [0.4, 0.5) is 5.69 Å². The number of hydrogen-bond acceptors (Lipinski definition) is 6. The van der Waals surface area contributed by atoms with Crippen molar-refractivity contribution in [3.8, 4) is 23.0 Å². The first-order valence-electron chi connectivity index (χ1n) is 11.6. The molecule has 1 amide bonds. The Bertz CT molecular complexity index is 1480. The highest BCUT2D eigenvalue weighted by Crippen LogP contribution is 2.47. The van der Waals surface area contributed by atoms with Crippen molar-refractivity contribution in [2.45, 2.75) is 12.3 Å². The largest absolute Gasteiger partial charge is 0.493 e. The SMILES string of the molecule is COc1cc2nccc(Oc3ccc(NC(=S)NC(=O)C4CC4c4ccccc4)cc3Cl)c2cc1OC. The van der Waals surface area contributed by atoms with Crippen molar-refractivity contribution in [3.05, 3.63) is 83.5 Å². The lowest BCUT2D eigenvalue weighted by atomic mass is 10.1. The second-order valence-electron chi connectivity index (χ2n) is 8.58. The third-order valence-corrected chi connectivity index (χ3v) is 6.71. The van der Waals surface area contributed by atoms with Gasteiger partial charge < -0.3 is 24.8 Å². The number of carbonyl (C=O) groups is 1. The van der Waals surface area contributed by atoms with Gasteiger partial charge in [-0.3, -0.25) is 9.78 Å². The number of thiocarbonyl (C=S) groups is 1. The topological polar surface area (TPSA) is 81.7 Å². The van der Waals surface area contributed by atoms with E-state index >= 15 is 0 Å². The molecule has 0 spiro atoms. The zero-order chi connectivity index (χ0) is 25.9. The van der Waals surface area contributed by atoms with Gasteiger partial charge in [0.05, 0.1) is 24.8 Å². The molecule has 3 aromatic carbocycles. The van der Waals surface area contributed by atoms with Crippen molar-refractivity contribution in [1.29, 1.82) is 0 Å². The zero-order valence-electron chi connectivity index (χ0n) is 20.2. The highest BCUT2D eigenvalue weighted by Gasteiger charge is 2.44. The summed E-state index contributed by atoms with van der Waals surface area (Å²) in [6.07, 6.45) is 2.47. The van der Waals surface area contributed by atoms with Crippen LogP contribution in [0.2, 0.25) is 5.02 Å². The van der Waals surface area contributed by atoms with E-state index in [0.29, 0.717) is 39.2 Å². The van der Waals surface area contributed by atoms with Gasteiger partial charge in [0, 0.05) is 29.3 Å². The Hall–Kier alpha value is -3.88. The van der Waals surface area contributed by atoms with Gasteiger partial charge in [0.2, 0.25) is 5.91 Å². The van der Waals surface area contributed by atoms with Crippen LogP contribution in [0.25, 0.3) is 10.9 Å². The van der Waals surface area contributed by atoms with Gasteiger partial charge in [-0.1, -0.05) is 41.9 Å². The van der Waals surface area contributed by atoms with Crippen LogP contribution in [0.1, 0.15) is 17.9 Å². The lowest BCUT2D eigenvalue weighted by Crippen LogP contribution is -2.35. The number of carbonyl (C=O) groups excluding carboxylic acids is 1. The number of nitrogens with one attached hydrogen (secondary N) is 2. The number of fused-ring (bicyclic) bond motifs is 1. The van der Waals surface area contributed by atoms with Crippen LogP contribution in [0, 0.1) is 5.92 Å². The normalized spacial score (nSPS) is 16.1. The van der Waals surface area contributed by atoms with Crippen LogP contribution >= 0.6 is 23.8 Å². The van der Waals surface area contributed by atoms with Crippen molar-refractivity contribution in [2.24, 2.45) is 5.92 Å². The Morgan fingerprint density at radius 1 is 0.973 bits per heavy atom. The number of amides is 1. The number of halogens is 1. The average Bonchev–Trinajstić information content (AvgIpc) is 3.71. The summed E-state index contributed by atoms with van der Waals surface area (Å²) >= 11 is 11.9. The predicted octanol–water partition coefficient (Wildman–Crippen LogP) is 6.31. The van der Waals surface area contributed by atoms with E-state index < -0.39 is 0 Å². The molecule has 5 rings (SSSR count). The van der Waals surface area contributed by atoms with E-state index in [2.05, 4.69) is 15.6 Å². The summed E-state index contributed by atoms with van der Waals surface area (Å²) in [5.74, 6) is 2.23. The Morgan fingerprint density at radius 2 is 1.73 bits per heavy atom. The summed E-state index contributed by atoms with van der Waals surface area (Å²) in [5.41, 5.74) is 2.49. The molecular formula is C28H24ClN3O4S. The number of ether oxygens (including phenoxy) is 3. The van der Waals surface area contributed by atoms with Gasteiger partial charge in [0.1, 0.15) is 11.5 Å². The maximum Gasteiger partial charge on any atom is 0.229 e. The number of aromatic nitrogens is 1. The molecule has 1 fully saturated rings. The third kappa shape index (κ3) is 5.45. The zero-order valence-corrected chi connectivity index (χ0v) is 21.7. The molecule has 0 radical (unpaired) electrons. The summed E-state index contributed by atoms with van der Waals surface area (Å²) in [6, 6.07) is 20.6. The van der Waals surface area contributed by atoms with Gasteiger partial charge in [-0.25, -0.2) is 0 Å². The number of benzene rings is 3. The molecule has 2 atom stereocenters. The molecule has 1 heterocycles. The highest BCUT2D eigenvalue weighted by atomic mass is 35.5. The van der Waals surface area contributed by atoms with Gasteiger partial charge in [-0.15, -0.1) is 0 Å². The van der Waals surface area contributed by atoms with E-state index in [1.54, 1.807) is 50.7 Å². The van der Waals surface area contributed by atoms with E-state index in [-0.39, 0.29) is 22.9 Å². The molecule has 37 heavy (non-hydrogen) atoms. The van der Waals surface area contributed by atoms with E-state index in [0.717, 1.165) is 11.8 Å². The minimum absolute atomic E-state index is 0.0738. The standard InChI is InChI=1S/C28H24ClN3O4S/c1-34-25-14-20-22(15-26(25)35-2)30-11-10-23(20)36-24-9-8-17(12-21(24)29)31-28(37)32-27(33)19-13-18(19)16-6-4-3-5-7-16/h3-12,14-15,18-19H,13H2,1-2H3,(H2,31,32,33,37). The Morgan fingerprint density at radius 3 is 2.46 bits per heavy atom. The fourth-order valence-electron chi connectivity index (χ4n) is 4.24. The Labute approximate surface area is 224 Å². The molecule has 0 bridgehead atoms. The molecule has 1 aliphatic carbocycles. The smallest absolute Gasteiger partial charge is 0.229 e. The van der Waals surface area contributed by atoms with Crippen LogP contribution in [0.5, 0.6) is 23.0 Å². The van der Waals surface area contributed by atoms with E-state index in [9.17, 15) is 4.79 Å². The number of rotatable bonds is 7. The first kappa shape index (κ1) is 24.8. The van der Waals surface area contributed by atoms with Crippen molar-refractivity contribution in [2.75, 3.05) is 19.5 Å². The van der Waals surface area contributed by atoms with Crippen molar-refractivity contribution < 1.29 is 19.0 Å². The first-order valence-corrected chi connectivity index (χ1v) is 12.4. The third-order valence-electron chi connectivity index (χ3n) is 6.21. The monoisotopic (exact) mass is 533 g/mol. The van der Waals surface area contributed by atoms with E-state index in [1.807, 2.05) is 36.4 Å². The maximum atomic E-state index is 12.6. The number of nitrogens with zero attached hydrogens (tertiary/aromatic N) is 1. The van der Waals surface area contributed by atoms with Crippen LogP contribution < -0.4 is 24.8 Å². The fourth-order valence-corrected chi connectivity index (χ4v) is 4.67. The molecule has 0 saturated heterocycles. The lowest BCUT2D eigenvalue weighted by Gasteiger charge is -2.14. The van der Waals surface area contributed by atoms with E-state index in [4.69, 9.17) is 38.0 Å².